The molecule has 0 amide bonds. The molecule has 1 aromatic rings. The van der Waals surface area contributed by atoms with Crippen molar-refractivity contribution >= 4 is 0 Å². The van der Waals surface area contributed by atoms with Crippen LogP contribution in [0.2, 0.25) is 0 Å². The van der Waals surface area contributed by atoms with Crippen LogP contribution in [0.5, 0.6) is 0 Å². The molecule has 0 radical (unpaired) electrons. The van der Waals surface area contributed by atoms with Crippen LogP contribution in [0.25, 0.3) is 0 Å². The molecule has 0 unspecified atom stereocenters. The van der Waals surface area contributed by atoms with Gasteiger partial charge < -0.3 is 9.88 Å². The monoisotopic (exact) mass is 169 g/mol. The highest BCUT2D eigenvalue weighted by Gasteiger charge is 1.97. The first kappa shape index (κ1) is 8.73. The van der Waals surface area contributed by atoms with E-state index < -0.39 is 5.69 Å². The van der Waals surface area contributed by atoms with E-state index in [9.17, 15) is 9.59 Å². The van der Waals surface area contributed by atoms with Gasteiger partial charge in [-0.1, -0.05) is 0 Å². The summed E-state index contributed by atoms with van der Waals surface area (Å²) < 4.78 is 0. The van der Waals surface area contributed by atoms with Crippen LogP contribution in [0.3, 0.4) is 0 Å². The molecule has 0 aromatic carbocycles. The largest absolute Gasteiger partial charge is 0.325 e. The van der Waals surface area contributed by atoms with Crippen LogP contribution in [0.4, 0.5) is 0 Å². The number of aromatic amines is 2. The zero-order valence-corrected chi connectivity index (χ0v) is 7.05. The van der Waals surface area contributed by atoms with Crippen LogP contribution in [0.15, 0.2) is 15.7 Å². The molecule has 0 aliphatic carbocycles. The Kier molecular flexibility index (Phi) is 2.44. The van der Waals surface area contributed by atoms with Crippen molar-refractivity contribution < 1.29 is 0 Å². The van der Waals surface area contributed by atoms with E-state index in [1.165, 1.54) is 6.07 Å². The molecule has 0 aliphatic rings. The lowest BCUT2D eigenvalue weighted by Crippen LogP contribution is -2.25. The van der Waals surface area contributed by atoms with Crippen molar-refractivity contribution in [2.24, 2.45) is 0 Å². The van der Waals surface area contributed by atoms with Crippen LogP contribution in [-0.2, 0) is 6.54 Å². The predicted octanol–water partition coefficient (Wildman–Crippen LogP) is -0.875. The molecule has 1 aromatic heterocycles. The Labute approximate surface area is 69.0 Å². The van der Waals surface area contributed by atoms with Crippen molar-refractivity contribution in [2.75, 3.05) is 14.1 Å². The standard InChI is InChI=1S/C7H11N3O2/c1-10(2)4-5-3-6(11)9-7(12)8-5/h3H,4H2,1-2H3,(H2,8,9,11,12). The lowest BCUT2D eigenvalue weighted by molar-refractivity contribution is 0.395. The van der Waals surface area contributed by atoms with E-state index in [0.29, 0.717) is 12.2 Å². The quantitative estimate of drug-likeness (QED) is 0.604. The third kappa shape index (κ3) is 2.35. The number of rotatable bonds is 2. The lowest BCUT2D eigenvalue weighted by Gasteiger charge is -2.07. The number of hydrogen-bond acceptors (Lipinski definition) is 3. The first-order valence-electron chi connectivity index (χ1n) is 3.55. The molecule has 0 aliphatic heterocycles. The van der Waals surface area contributed by atoms with Crippen molar-refractivity contribution in [1.29, 1.82) is 0 Å². The maximum atomic E-state index is 10.8. The molecule has 0 atom stereocenters. The summed E-state index contributed by atoms with van der Waals surface area (Å²) in [7, 11) is 3.72. The third-order valence-electron chi connectivity index (χ3n) is 1.30. The lowest BCUT2D eigenvalue weighted by atomic mass is 10.4. The molecule has 1 rings (SSSR count). The molecule has 5 heteroatoms. The minimum Gasteiger partial charge on any atom is -0.310 e. The Balaban J connectivity index is 3.01. The number of nitrogens with one attached hydrogen (secondary N) is 2. The van der Waals surface area contributed by atoms with Crippen LogP contribution in [-0.4, -0.2) is 29.0 Å². The average Bonchev–Trinajstić information content (AvgIpc) is 1.81. The summed E-state index contributed by atoms with van der Waals surface area (Å²) >= 11 is 0. The molecular weight excluding hydrogens is 158 g/mol. The average molecular weight is 169 g/mol. The van der Waals surface area contributed by atoms with E-state index in [2.05, 4.69) is 9.97 Å². The second-order valence-corrected chi connectivity index (χ2v) is 2.85. The van der Waals surface area contributed by atoms with E-state index in [1.807, 2.05) is 19.0 Å². The molecule has 0 fully saturated rings. The predicted molar refractivity (Wildman–Crippen MR) is 45.1 cm³/mol. The summed E-state index contributed by atoms with van der Waals surface area (Å²) in [5, 5.41) is 0. The van der Waals surface area contributed by atoms with E-state index in [4.69, 9.17) is 0 Å². The first-order valence-corrected chi connectivity index (χ1v) is 3.55. The van der Waals surface area contributed by atoms with Crippen LogP contribution in [0, 0.1) is 0 Å². The summed E-state index contributed by atoms with van der Waals surface area (Å²) in [6, 6.07) is 1.38. The fraction of sp³-hybridized carbons (Fsp3) is 0.429. The zero-order valence-electron chi connectivity index (χ0n) is 7.05. The highest BCUT2D eigenvalue weighted by atomic mass is 16.2. The Bertz CT molecular complexity index is 335. The van der Waals surface area contributed by atoms with Gasteiger partial charge in [-0.2, -0.15) is 0 Å². The van der Waals surface area contributed by atoms with Gasteiger partial charge in [-0.05, 0) is 14.1 Å². The summed E-state index contributed by atoms with van der Waals surface area (Å²) in [5.74, 6) is 0. The van der Waals surface area contributed by atoms with Gasteiger partial charge in [0, 0.05) is 18.3 Å². The van der Waals surface area contributed by atoms with Crippen LogP contribution >= 0.6 is 0 Å². The number of hydrogen-bond donors (Lipinski definition) is 2. The molecule has 2 N–H and O–H groups in total. The highest BCUT2D eigenvalue weighted by Crippen LogP contribution is 1.89. The Morgan fingerprint density at radius 2 is 2.00 bits per heavy atom. The molecule has 1 heterocycles. The zero-order chi connectivity index (χ0) is 9.14. The summed E-state index contributed by atoms with van der Waals surface area (Å²) in [4.78, 5) is 28.1. The van der Waals surface area contributed by atoms with Crippen molar-refractivity contribution in [2.45, 2.75) is 6.54 Å². The van der Waals surface area contributed by atoms with E-state index in [1.54, 1.807) is 0 Å². The molecule has 0 saturated carbocycles. The summed E-state index contributed by atoms with van der Waals surface area (Å²) in [6.45, 7) is 0.555. The van der Waals surface area contributed by atoms with Gasteiger partial charge in [0.05, 0.1) is 0 Å². The maximum absolute atomic E-state index is 10.8. The Hall–Kier alpha value is -1.36. The summed E-state index contributed by atoms with van der Waals surface area (Å²) in [5.41, 5.74) is -0.205. The molecule has 12 heavy (non-hydrogen) atoms. The van der Waals surface area contributed by atoms with Gasteiger partial charge in [0.15, 0.2) is 0 Å². The molecule has 66 valence electrons. The van der Waals surface area contributed by atoms with Crippen LogP contribution in [0.1, 0.15) is 5.69 Å². The molecular formula is C7H11N3O2. The van der Waals surface area contributed by atoms with Gasteiger partial charge in [0.1, 0.15) is 0 Å². The van der Waals surface area contributed by atoms with E-state index in [0.717, 1.165) is 0 Å². The second-order valence-electron chi connectivity index (χ2n) is 2.85. The maximum Gasteiger partial charge on any atom is 0.325 e. The van der Waals surface area contributed by atoms with Crippen molar-refractivity contribution in [3.63, 3.8) is 0 Å². The number of nitrogens with zero attached hydrogens (tertiary/aromatic N) is 1. The third-order valence-corrected chi connectivity index (χ3v) is 1.30. The number of aromatic nitrogens is 2. The van der Waals surface area contributed by atoms with E-state index >= 15 is 0 Å². The van der Waals surface area contributed by atoms with Gasteiger partial charge in [-0.25, -0.2) is 4.79 Å². The van der Waals surface area contributed by atoms with Crippen molar-refractivity contribution in [3.8, 4) is 0 Å². The molecule has 0 bridgehead atoms. The fourth-order valence-electron chi connectivity index (χ4n) is 0.945. The number of H-pyrrole nitrogens is 2. The van der Waals surface area contributed by atoms with Gasteiger partial charge >= 0.3 is 5.69 Å². The van der Waals surface area contributed by atoms with Gasteiger partial charge in [-0.3, -0.25) is 9.78 Å². The first-order chi connectivity index (χ1) is 5.58. The molecule has 5 nitrogen and oxygen atoms in total. The van der Waals surface area contributed by atoms with Crippen molar-refractivity contribution in [3.05, 3.63) is 32.6 Å². The highest BCUT2D eigenvalue weighted by molar-refractivity contribution is 4.97. The van der Waals surface area contributed by atoms with Gasteiger partial charge in [0.2, 0.25) is 0 Å². The Morgan fingerprint density at radius 3 is 2.50 bits per heavy atom. The van der Waals surface area contributed by atoms with Crippen LogP contribution < -0.4 is 11.2 Å². The normalized spacial score (nSPS) is 10.6. The molecule has 0 saturated heterocycles. The summed E-state index contributed by atoms with van der Waals surface area (Å²) in [6.07, 6.45) is 0. The van der Waals surface area contributed by atoms with Gasteiger partial charge in [-0.15, -0.1) is 0 Å². The topological polar surface area (TPSA) is 69.0 Å². The molecule has 0 spiro atoms. The SMILES string of the molecule is CN(C)Cc1cc(=O)[nH]c(=O)[nH]1. The van der Waals surface area contributed by atoms with E-state index in [-0.39, 0.29) is 5.56 Å². The minimum atomic E-state index is -0.459. The Morgan fingerprint density at radius 1 is 1.33 bits per heavy atom. The van der Waals surface area contributed by atoms with Gasteiger partial charge in [0.25, 0.3) is 5.56 Å². The fourth-order valence-corrected chi connectivity index (χ4v) is 0.945. The van der Waals surface area contributed by atoms with Crippen molar-refractivity contribution in [1.82, 2.24) is 14.9 Å². The minimum absolute atomic E-state index is 0.365. The second kappa shape index (κ2) is 3.36. The smallest absolute Gasteiger partial charge is 0.310 e.